The quantitative estimate of drug-likeness (QED) is 0.682. The van der Waals surface area contributed by atoms with Crippen molar-refractivity contribution < 1.29 is 0 Å². The zero-order valence-electron chi connectivity index (χ0n) is 7.83. The van der Waals surface area contributed by atoms with Gasteiger partial charge in [0.25, 0.3) is 0 Å². The third kappa shape index (κ3) is 1.97. The Labute approximate surface area is 89.2 Å². The van der Waals surface area contributed by atoms with Gasteiger partial charge in [-0.05, 0) is 35.3 Å². The van der Waals surface area contributed by atoms with Crippen molar-refractivity contribution in [3.63, 3.8) is 0 Å². The minimum atomic E-state index is 0.783. The highest BCUT2D eigenvalue weighted by molar-refractivity contribution is 6.30. The van der Waals surface area contributed by atoms with Crippen molar-refractivity contribution in [3.8, 4) is 0 Å². The number of allylic oxidation sites excluding steroid dienone is 5. The molecule has 2 rings (SSSR count). The van der Waals surface area contributed by atoms with Gasteiger partial charge in [-0.2, -0.15) is 0 Å². The second-order valence-corrected chi connectivity index (χ2v) is 3.82. The van der Waals surface area contributed by atoms with Crippen LogP contribution in [-0.2, 0) is 6.42 Å². The van der Waals surface area contributed by atoms with E-state index in [2.05, 4.69) is 24.8 Å². The Morgan fingerprint density at radius 1 is 1.14 bits per heavy atom. The van der Waals surface area contributed by atoms with Crippen molar-refractivity contribution >= 4 is 11.6 Å². The third-order valence-electron chi connectivity index (χ3n) is 2.32. The van der Waals surface area contributed by atoms with Gasteiger partial charge >= 0.3 is 0 Å². The topological polar surface area (TPSA) is 0 Å². The van der Waals surface area contributed by atoms with Gasteiger partial charge in [0.2, 0.25) is 0 Å². The van der Waals surface area contributed by atoms with Crippen LogP contribution in [0.25, 0.3) is 0 Å². The molecule has 0 N–H and O–H groups in total. The largest absolute Gasteiger partial charge is 0.0915 e. The van der Waals surface area contributed by atoms with E-state index in [-0.39, 0.29) is 0 Å². The van der Waals surface area contributed by atoms with Gasteiger partial charge in [-0.15, -0.1) is 0 Å². The first kappa shape index (κ1) is 9.29. The summed E-state index contributed by atoms with van der Waals surface area (Å²) < 4.78 is 0. The number of hydrogen-bond donors (Lipinski definition) is 0. The van der Waals surface area contributed by atoms with E-state index in [0.29, 0.717) is 0 Å². The fraction of sp³-hybridized carbons (Fsp3) is 0.0769. The zero-order valence-corrected chi connectivity index (χ0v) is 8.59. The number of hydrogen-bond acceptors (Lipinski definition) is 0. The van der Waals surface area contributed by atoms with Crippen molar-refractivity contribution in [1.29, 1.82) is 0 Å². The third-order valence-corrected chi connectivity index (χ3v) is 2.57. The molecule has 0 heterocycles. The van der Waals surface area contributed by atoms with E-state index < -0.39 is 0 Å². The Balaban J connectivity index is 2.12. The molecule has 0 aromatic heterocycles. The number of benzene rings is 1. The lowest BCUT2D eigenvalue weighted by Crippen LogP contribution is -1.89. The first-order valence-electron chi connectivity index (χ1n) is 4.57. The van der Waals surface area contributed by atoms with Crippen molar-refractivity contribution in [2.45, 2.75) is 6.42 Å². The summed E-state index contributed by atoms with van der Waals surface area (Å²) in [7, 11) is 0. The Morgan fingerprint density at radius 2 is 1.86 bits per heavy atom. The molecular weight excluding hydrogens is 192 g/mol. The van der Waals surface area contributed by atoms with Crippen LogP contribution in [-0.4, -0.2) is 0 Å². The average Bonchev–Trinajstić information content (AvgIpc) is 2.56. The molecule has 0 radical (unpaired) electrons. The minimum absolute atomic E-state index is 0.783. The molecule has 0 spiro atoms. The van der Waals surface area contributed by atoms with E-state index in [9.17, 15) is 0 Å². The van der Waals surface area contributed by atoms with Crippen LogP contribution in [0.15, 0.2) is 60.2 Å². The van der Waals surface area contributed by atoms with Crippen LogP contribution >= 0.6 is 11.6 Å². The minimum Gasteiger partial charge on any atom is -0.0915 e. The molecule has 0 aliphatic heterocycles. The van der Waals surface area contributed by atoms with Gasteiger partial charge in [0.05, 0.1) is 0 Å². The van der Waals surface area contributed by atoms with Gasteiger partial charge in [-0.1, -0.05) is 48.5 Å². The average molecular weight is 203 g/mol. The zero-order chi connectivity index (χ0) is 9.97. The van der Waals surface area contributed by atoms with Crippen LogP contribution in [0.5, 0.6) is 0 Å². The fourth-order valence-electron chi connectivity index (χ4n) is 1.49. The molecule has 0 bridgehead atoms. The van der Waals surface area contributed by atoms with Crippen LogP contribution in [0, 0.1) is 0 Å². The van der Waals surface area contributed by atoms with Crippen LogP contribution in [0.2, 0.25) is 5.02 Å². The van der Waals surface area contributed by atoms with Crippen molar-refractivity contribution in [1.82, 2.24) is 0 Å². The Morgan fingerprint density at radius 3 is 2.43 bits per heavy atom. The van der Waals surface area contributed by atoms with Gasteiger partial charge in [0.1, 0.15) is 0 Å². The summed E-state index contributed by atoms with van der Waals surface area (Å²) >= 11 is 5.81. The van der Waals surface area contributed by atoms with Gasteiger partial charge in [0.15, 0.2) is 0 Å². The van der Waals surface area contributed by atoms with Crippen molar-refractivity contribution in [3.05, 3.63) is 70.8 Å². The SMILES string of the molecule is C=C1C=CC=C1Cc1ccc(Cl)cc1. The molecule has 1 aliphatic carbocycles. The maximum atomic E-state index is 5.81. The molecule has 0 atom stereocenters. The van der Waals surface area contributed by atoms with Gasteiger partial charge in [-0.3, -0.25) is 0 Å². The Hall–Kier alpha value is -1.27. The fourth-order valence-corrected chi connectivity index (χ4v) is 1.62. The summed E-state index contributed by atoms with van der Waals surface area (Å²) in [4.78, 5) is 0. The molecule has 1 aromatic carbocycles. The summed E-state index contributed by atoms with van der Waals surface area (Å²) in [5, 5.41) is 0.783. The Bertz CT molecular complexity index is 407. The lowest BCUT2D eigenvalue weighted by molar-refractivity contribution is 1.19. The number of halogens is 1. The first-order chi connectivity index (χ1) is 6.75. The molecular formula is C13H11Cl. The molecule has 70 valence electrons. The first-order valence-corrected chi connectivity index (χ1v) is 4.94. The van der Waals surface area contributed by atoms with Crippen LogP contribution in [0.4, 0.5) is 0 Å². The molecule has 0 saturated heterocycles. The molecule has 1 aliphatic rings. The predicted octanol–water partition coefficient (Wildman–Crippen LogP) is 3.93. The van der Waals surface area contributed by atoms with Crippen molar-refractivity contribution in [2.75, 3.05) is 0 Å². The van der Waals surface area contributed by atoms with Crippen LogP contribution in [0.3, 0.4) is 0 Å². The maximum absolute atomic E-state index is 5.81. The number of rotatable bonds is 2. The summed E-state index contributed by atoms with van der Waals surface area (Å²) in [6.07, 6.45) is 7.11. The highest BCUT2D eigenvalue weighted by Crippen LogP contribution is 2.21. The second-order valence-electron chi connectivity index (χ2n) is 3.38. The molecule has 1 heteroatoms. The lowest BCUT2D eigenvalue weighted by Gasteiger charge is -2.03. The van der Waals surface area contributed by atoms with Gasteiger partial charge < -0.3 is 0 Å². The van der Waals surface area contributed by atoms with E-state index in [4.69, 9.17) is 11.6 Å². The lowest BCUT2D eigenvalue weighted by atomic mass is 10.0. The smallest absolute Gasteiger partial charge is 0.0406 e. The van der Waals surface area contributed by atoms with Gasteiger partial charge in [-0.25, -0.2) is 0 Å². The van der Waals surface area contributed by atoms with E-state index >= 15 is 0 Å². The standard InChI is InChI=1S/C13H11Cl/c1-10-3-2-4-12(10)9-11-5-7-13(14)8-6-11/h2-8H,1,9H2. The van der Waals surface area contributed by atoms with Crippen LogP contribution < -0.4 is 0 Å². The normalized spacial score (nSPS) is 14.6. The summed E-state index contributed by atoms with van der Waals surface area (Å²) in [5.41, 5.74) is 3.66. The molecule has 1 aromatic rings. The second kappa shape index (κ2) is 3.85. The van der Waals surface area contributed by atoms with Crippen LogP contribution in [0.1, 0.15) is 5.56 Å². The predicted molar refractivity (Wildman–Crippen MR) is 61.5 cm³/mol. The van der Waals surface area contributed by atoms with E-state index in [1.165, 1.54) is 11.1 Å². The van der Waals surface area contributed by atoms with E-state index in [1.54, 1.807) is 0 Å². The summed E-state index contributed by atoms with van der Waals surface area (Å²) in [6, 6.07) is 7.94. The molecule has 0 fully saturated rings. The van der Waals surface area contributed by atoms with E-state index in [0.717, 1.165) is 17.0 Å². The monoisotopic (exact) mass is 202 g/mol. The molecule has 0 unspecified atom stereocenters. The molecule has 14 heavy (non-hydrogen) atoms. The summed E-state index contributed by atoms with van der Waals surface area (Å²) in [6.45, 7) is 3.97. The summed E-state index contributed by atoms with van der Waals surface area (Å²) in [5.74, 6) is 0. The highest BCUT2D eigenvalue weighted by atomic mass is 35.5. The molecule has 0 amide bonds. The molecule has 0 saturated carbocycles. The van der Waals surface area contributed by atoms with E-state index in [1.807, 2.05) is 24.3 Å². The molecule has 0 nitrogen and oxygen atoms in total. The van der Waals surface area contributed by atoms with Crippen molar-refractivity contribution in [2.24, 2.45) is 0 Å². The Kier molecular flexibility index (Phi) is 2.55. The highest BCUT2D eigenvalue weighted by Gasteiger charge is 2.04. The maximum Gasteiger partial charge on any atom is 0.0406 e. The van der Waals surface area contributed by atoms with Gasteiger partial charge in [0, 0.05) is 5.02 Å².